The third-order valence-corrected chi connectivity index (χ3v) is 9.48. The number of tetrazole rings is 1. The molecule has 1 aliphatic carbocycles. The number of aromatic nitrogens is 8. The molecule has 4 heterocycles. The van der Waals surface area contributed by atoms with Gasteiger partial charge in [0.2, 0.25) is 5.95 Å². The second-order valence-corrected chi connectivity index (χ2v) is 14.8. The highest BCUT2D eigenvalue weighted by molar-refractivity contribution is 6.32. The zero-order chi connectivity index (χ0) is 35.3. The van der Waals surface area contributed by atoms with Crippen molar-refractivity contribution in [3.05, 3.63) is 48.1 Å². The Hall–Kier alpha value is -3.85. The SMILES string of the molecule is COCC(C)(C)COc1nn([C@H]2CC[C@H](N3C[C@@H](C)O[C@@H](C)C3)CC2)cc1Nc1ncc(-c2ccc(Cl)c(O[C@@H](C)Cn3cnnn3)c2)cn1. The maximum absolute atomic E-state index is 6.48. The predicted molar refractivity (Wildman–Crippen MR) is 190 cm³/mol. The minimum atomic E-state index is -0.209. The van der Waals surface area contributed by atoms with Crippen LogP contribution in [0.5, 0.6) is 11.6 Å². The lowest BCUT2D eigenvalue weighted by molar-refractivity contribution is -0.0852. The Balaban J connectivity index is 1.14. The summed E-state index contributed by atoms with van der Waals surface area (Å²) in [6.45, 7) is 14.0. The van der Waals surface area contributed by atoms with Gasteiger partial charge in [-0.3, -0.25) is 9.58 Å². The second-order valence-electron chi connectivity index (χ2n) is 14.4. The van der Waals surface area contributed by atoms with Gasteiger partial charge in [0.1, 0.15) is 23.9 Å². The molecule has 0 unspecified atom stereocenters. The van der Waals surface area contributed by atoms with E-state index in [-0.39, 0.29) is 29.8 Å². The standard InChI is InChI=1S/C35H49ClN10O4/c1-23-16-44(17-24(2)49-23)28-8-10-29(11-9-28)46-19-31(33(41-46)48-21-35(4,5)20-47-6)40-34-37-14-27(15-38-34)26-7-12-30(36)32(13-26)50-25(3)18-45-22-39-42-43-45/h7,12-15,19,22-25,28-29H,8-11,16-18,20-21H2,1-6H3,(H,37,38,40)/t23-,24+,25-,28-,29-/m0/s1. The Morgan fingerprint density at radius 3 is 2.42 bits per heavy atom. The van der Waals surface area contributed by atoms with E-state index in [2.05, 4.69) is 68.1 Å². The van der Waals surface area contributed by atoms with Crippen molar-refractivity contribution in [1.29, 1.82) is 0 Å². The molecule has 3 aromatic heterocycles. The molecule has 14 nitrogen and oxygen atoms in total. The number of morpholine rings is 1. The van der Waals surface area contributed by atoms with Gasteiger partial charge in [0.15, 0.2) is 0 Å². The van der Waals surface area contributed by atoms with Crippen LogP contribution in [-0.2, 0) is 16.0 Å². The number of nitrogens with zero attached hydrogens (tertiary/aromatic N) is 9. The Morgan fingerprint density at radius 2 is 1.74 bits per heavy atom. The van der Waals surface area contributed by atoms with Gasteiger partial charge in [0, 0.05) is 49.6 Å². The largest absolute Gasteiger partial charge is 0.487 e. The molecule has 50 heavy (non-hydrogen) atoms. The van der Waals surface area contributed by atoms with Crippen molar-refractivity contribution >= 4 is 23.2 Å². The molecule has 1 saturated heterocycles. The first kappa shape index (κ1) is 36.0. The number of hydrogen-bond donors (Lipinski definition) is 1. The van der Waals surface area contributed by atoms with E-state index in [0.717, 1.165) is 55.6 Å². The van der Waals surface area contributed by atoms with Gasteiger partial charge in [-0.15, -0.1) is 10.2 Å². The van der Waals surface area contributed by atoms with Gasteiger partial charge in [-0.2, -0.15) is 0 Å². The topological polar surface area (TPSA) is 139 Å². The third kappa shape index (κ3) is 9.27. The van der Waals surface area contributed by atoms with Crippen molar-refractivity contribution in [2.45, 2.75) is 97.2 Å². The molecule has 15 heteroatoms. The predicted octanol–water partition coefficient (Wildman–Crippen LogP) is 5.84. The monoisotopic (exact) mass is 708 g/mol. The molecule has 3 atom stereocenters. The number of ether oxygens (including phenoxy) is 4. The van der Waals surface area contributed by atoms with E-state index >= 15 is 0 Å². The molecule has 1 aliphatic heterocycles. The Bertz CT molecular complexity index is 1650. The fourth-order valence-electron chi connectivity index (χ4n) is 6.87. The van der Waals surface area contributed by atoms with Crippen LogP contribution in [0.15, 0.2) is 43.1 Å². The smallest absolute Gasteiger partial charge is 0.256 e. The molecule has 6 rings (SSSR count). The van der Waals surface area contributed by atoms with Gasteiger partial charge in [0.05, 0.1) is 49.2 Å². The number of hydrogen-bond acceptors (Lipinski definition) is 12. The van der Waals surface area contributed by atoms with E-state index in [1.165, 1.54) is 0 Å². The summed E-state index contributed by atoms with van der Waals surface area (Å²) in [7, 11) is 1.70. The van der Waals surface area contributed by atoms with Crippen LogP contribution in [0.25, 0.3) is 11.1 Å². The van der Waals surface area contributed by atoms with Gasteiger partial charge < -0.3 is 24.3 Å². The maximum Gasteiger partial charge on any atom is 0.256 e. The summed E-state index contributed by atoms with van der Waals surface area (Å²) in [6, 6.07) is 6.47. The minimum Gasteiger partial charge on any atom is -0.487 e. The third-order valence-electron chi connectivity index (χ3n) is 9.16. The summed E-state index contributed by atoms with van der Waals surface area (Å²) in [4.78, 5) is 11.9. The fourth-order valence-corrected chi connectivity index (χ4v) is 7.03. The first-order valence-electron chi connectivity index (χ1n) is 17.4. The zero-order valence-corrected chi connectivity index (χ0v) is 30.6. The zero-order valence-electron chi connectivity index (χ0n) is 29.8. The van der Waals surface area contributed by atoms with Crippen LogP contribution in [0, 0.1) is 5.41 Å². The van der Waals surface area contributed by atoms with Gasteiger partial charge in [-0.1, -0.05) is 31.5 Å². The quantitative estimate of drug-likeness (QED) is 0.168. The van der Waals surface area contributed by atoms with E-state index in [1.807, 2.05) is 25.3 Å². The summed E-state index contributed by atoms with van der Waals surface area (Å²) in [5.41, 5.74) is 2.23. The first-order chi connectivity index (χ1) is 24.0. The van der Waals surface area contributed by atoms with Crippen molar-refractivity contribution in [3.63, 3.8) is 0 Å². The lowest BCUT2D eigenvalue weighted by atomic mass is 9.89. The van der Waals surface area contributed by atoms with Crippen molar-refractivity contribution in [2.75, 3.05) is 38.7 Å². The lowest BCUT2D eigenvalue weighted by Gasteiger charge is -2.42. The Labute approximate surface area is 298 Å². The van der Waals surface area contributed by atoms with Gasteiger partial charge in [-0.25, -0.2) is 14.6 Å². The number of halogens is 1. The van der Waals surface area contributed by atoms with E-state index < -0.39 is 0 Å². The number of nitrogens with one attached hydrogen (secondary N) is 1. The van der Waals surface area contributed by atoms with E-state index in [9.17, 15) is 0 Å². The molecule has 270 valence electrons. The average Bonchev–Trinajstić information content (AvgIpc) is 3.75. The fraction of sp³-hybridized carbons (Fsp3) is 0.600. The second kappa shape index (κ2) is 16.0. The summed E-state index contributed by atoms with van der Waals surface area (Å²) in [5.74, 6) is 1.52. The van der Waals surface area contributed by atoms with Gasteiger partial charge in [0.25, 0.3) is 5.88 Å². The normalized spacial score (nSPS) is 22.3. The van der Waals surface area contributed by atoms with Crippen LogP contribution in [0.3, 0.4) is 0 Å². The highest BCUT2D eigenvalue weighted by atomic mass is 35.5. The summed E-state index contributed by atoms with van der Waals surface area (Å²) >= 11 is 6.48. The molecule has 1 aromatic carbocycles. The summed E-state index contributed by atoms with van der Waals surface area (Å²) in [6.07, 6.45) is 11.8. The molecular weight excluding hydrogens is 660 g/mol. The van der Waals surface area contributed by atoms with Crippen LogP contribution in [0.1, 0.15) is 66.3 Å². The number of benzene rings is 1. The molecule has 1 saturated carbocycles. The highest BCUT2D eigenvalue weighted by Crippen LogP contribution is 2.36. The van der Waals surface area contributed by atoms with Crippen LogP contribution >= 0.6 is 11.6 Å². The Morgan fingerprint density at radius 1 is 1.02 bits per heavy atom. The van der Waals surface area contributed by atoms with Crippen molar-refractivity contribution in [3.8, 4) is 22.8 Å². The van der Waals surface area contributed by atoms with Gasteiger partial charge >= 0.3 is 0 Å². The number of methoxy groups -OCH3 is 1. The lowest BCUT2D eigenvalue weighted by Crippen LogP contribution is -2.51. The molecule has 0 radical (unpaired) electrons. The molecule has 2 aliphatic rings. The summed E-state index contributed by atoms with van der Waals surface area (Å²) < 4.78 is 27.5. The molecule has 1 N–H and O–H groups in total. The average molecular weight is 709 g/mol. The van der Waals surface area contributed by atoms with Crippen molar-refractivity contribution in [1.82, 2.24) is 44.9 Å². The number of anilines is 2. The van der Waals surface area contributed by atoms with Crippen LogP contribution < -0.4 is 14.8 Å². The molecule has 4 aromatic rings. The van der Waals surface area contributed by atoms with Crippen LogP contribution in [0.4, 0.5) is 11.6 Å². The van der Waals surface area contributed by atoms with Gasteiger partial charge in [-0.05, 0) is 74.6 Å². The Kier molecular flexibility index (Phi) is 11.5. The van der Waals surface area contributed by atoms with Crippen LogP contribution in [-0.4, -0.2) is 103 Å². The molecular formula is C35H49ClN10O4. The molecule has 0 amide bonds. The minimum absolute atomic E-state index is 0.190. The van der Waals surface area contributed by atoms with Crippen molar-refractivity contribution in [2.24, 2.45) is 5.41 Å². The number of rotatable bonds is 14. The molecule has 0 spiro atoms. The highest BCUT2D eigenvalue weighted by Gasteiger charge is 2.32. The van der Waals surface area contributed by atoms with Crippen LogP contribution in [0.2, 0.25) is 5.02 Å². The maximum atomic E-state index is 6.48. The molecule has 0 bridgehead atoms. The first-order valence-corrected chi connectivity index (χ1v) is 17.8. The van der Waals surface area contributed by atoms with E-state index in [4.69, 9.17) is 35.6 Å². The van der Waals surface area contributed by atoms with Crippen molar-refractivity contribution < 1.29 is 18.9 Å². The molecule has 2 fully saturated rings. The summed E-state index contributed by atoms with van der Waals surface area (Å²) in [5, 5.41) is 20.1. The van der Waals surface area contributed by atoms with E-state index in [1.54, 1.807) is 36.6 Å². The van der Waals surface area contributed by atoms with E-state index in [0.29, 0.717) is 48.4 Å².